The van der Waals surface area contributed by atoms with Gasteiger partial charge in [0.1, 0.15) is 5.01 Å². The lowest BCUT2D eigenvalue weighted by Crippen LogP contribution is -2.29. The maximum absolute atomic E-state index is 10.6. The Labute approximate surface area is 122 Å². The molecule has 0 bridgehead atoms. The van der Waals surface area contributed by atoms with Crippen molar-refractivity contribution in [1.82, 2.24) is 15.5 Å². The minimum Gasteiger partial charge on any atom is -0.475 e. The summed E-state index contributed by atoms with van der Waals surface area (Å²) in [5.41, 5.74) is 0. The molecule has 114 valence electrons. The van der Waals surface area contributed by atoms with E-state index in [0.29, 0.717) is 0 Å². The van der Waals surface area contributed by atoms with E-state index >= 15 is 0 Å². The van der Waals surface area contributed by atoms with Crippen LogP contribution in [0.1, 0.15) is 17.8 Å². The number of alkyl halides is 3. The fourth-order valence-electron chi connectivity index (χ4n) is 1.38. The Kier molecular flexibility index (Phi) is 6.69. The smallest absolute Gasteiger partial charge is 0.475 e. The van der Waals surface area contributed by atoms with Gasteiger partial charge < -0.3 is 10.4 Å². The van der Waals surface area contributed by atoms with Crippen LogP contribution in [-0.2, 0) is 4.79 Å². The minimum atomic E-state index is -5.08. The van der Waals surface area contributed by atoms with Crippen molar-refractivity contribution in [2.75, 3.05) is 13.1 Å². The highest BCUT2D eigenvalue weighted by molar-refractivity contribution is 8.01. The van der Waals surface area contributed by atoms with Crippen LogP contribution in [0.3, 0.4) is 0 Å². The van der Waals surface area contributed by atoms with Crippen molar-refractivity contribution in [1.29, 1.82) is 0 Å². The maximum atomic E-state index is 10.6. The zero-order valence-electron chi connectivity index (χ0n) is 10.6. The van der Waals surface area contributed by atoms with E-state index in [1.54, 1.807) is 11.3 Å². The van der Waals surface area contributed by atoms with Crippen LogP contribution in [0.25, 0.3) is 0 Å². The van der Waals surface area contributed by atoms with Crippen LogP contribution >= 0.6 is 23.1 Å². The van der Waals surface area contributed by atoms with Crippen LogP contribution in [-0.4, -0.2) is 45.8 Å². The molecule has 0 saturated carbocycles. The monoisotopic (exact) mass is 329 g/mol. The number of aromatic nitrogens is 2. The first kappa shape index (κ1) is 17.2. The highest BCUT2D eigenvalue weighted by Crippen LogP contribution is 2.30. The summed E-state index contributed by atoms with van der Waals surface area (Å²) in [4.78, 5) is 8.90. The number of aryl methyl sites for hydroxylation is 1. The number of hydrogen-bond donors (Lipinski definition) is 2. The first-order valence-electron chi connectivity index (χ1n) is 5.76. The van der Waals surface area contributed by atoms with E-state index in [1.807, 2.05) is 18.7 Å². The second-order valence-corrected chi connectivity index (χ2v) is 6.69. The molecule has 10 heteroatoms. The number of carboxylic acid groups (broad SMARTS) is 1. The van der Waals surface area contributed by atoms with Crippen LogP contribution in [0.15, 0.2) is 4.34 Å². The van der Waals surface area contributed by atoms with Crippen LogP contribution in [0.4, 0.5) is 13.2 Å². The predicted molar refractivity (Wildman–Crippen MR) is 70.1 cm³/mol. The first-order chi connectivity index (χ1) is 9.29. The van der Waals surface area contributed by atoms with E-state index in [4.69, 9.17) is 9.90 Å². The summed E-state index contributed by atoms with van der Waals surface area (Å²) in [6.07, 6.45) is -2.58. The van der Waals surface area contributed by atoms with E-state index in [2.05, 4.69) is 15.5 Å². The molecule has 20 heavy (non-hydrogen) atoms. The van der Waals surface area contributed by atoms with Gasteiger partial charge in [-0.05, 0) is 32.9 Å². The quantitative estimate of drug-likeness (QED) is 0.867. The normalized spacial score (nSPS) is 16.4. The lowest BCUT2D eigenvalue weighted by molar-refractivity contribution is -0.192. The number of thioether (sulfide) groups is 1. The first-order valence-corrected chi connectivity index (χ1v) is 7.46. The molecule has 1 fully saturated rings. The Hall–Kier alpha value is -0.870. The molecule has 2 N–H and O–H groups in total. The molecule has 0 atom stereocenters. The van der Waals surface area contributed by atoms with E-state index in [1.165, 1.54) is 12.8 Å². The van der Waals surface area contributed by atoms with Gasteiger partial charge in [-0.2, -0.15) is 13.2 Å². The van der Waals surface area contributed by atoms with E-state index in [-0.39, 0.29) is 0 Å². The molecule has 1 aromatic rings. The second kappa shape index (κ2) is 7.79. The standard InChI is InChI=1S/C8H13N3S2.C2HF3O2/c1-6-10-11-8(12-6)13-7-2-4-9-5-3-7;3-2(4,5)1(6)7/h7,9H,2-5H2,1H3;(H,6,7). The van der Waals surface area contributed by atoms with E-state index < -0.39 is 12.1 Å². The summed E-state index contributed by atoms with van der Waals surface area (Å²) >= 11 is 3.59. The molecule has 1 aliphatic rings. The van der Waals surface area contributed by atoms with E-state index in [9.17, 15) is 13.2 Å². The molecule has 0 aromatic carbocycles. The summed E-state index contributed by atoms with van der Waals surface area (Å²) < 4.78 is 32.9. The number of nitrogens with one attached hydrogen (secondary N) is 1. The van der Waals surface area contributed by atoms with Crippen molar-refractivity contribution in [3.8, 4) is 0 Å². The third-order valence-corrected chi connectivity index (χ3v) is 4.56. The Morgan fingerprint density at radius 1 is 1.40 bits per heavy atom. The lowest BCUT2D eigenvalue weighted by atomic mass is 10.2. The van der Waals surface area contributed by atoms with Gasteiger partial charge >= 0.3 is 12.1 Å². The van der Waals surface area contributed by atoms with Gasteiger partial charge in [-0.15, -0.1) is 10.2 Å². The van der Waals surface area contributed by atoms with Crippen molar-refractivity contribution in [2.24, 2.45) is 0 Å². The Morgan fingerprint density at radius 2 is 1.95 bits per heavy atom. The minimum absolute atomic E-state index is 0.744. The Balaban J connectivity index is 0.000000246. The molecular weight excluding hydrogens is 315 g/mol. The van der Waals surface area contributed by atoms with Crippen LogP contribution < -0.4 is 5.32 Å². The second-order valence-electron chi connectivity index (χ2n) is 3.96. The largest absolute Gasteiger partial charge is 0.490 e. The zero-order valence-corrected chi connectivity index (χ0v) is 12.2. The number of carboxylic acids is 1. The number of piperidine rings is 1. The van der Waals surface area contributed by atoms with Crippen LogP contribution in [0.5, 0.6) is 0 Å². The van der Waals surface area contributed by atoms with Gasteiger partial charge in [0.2, 0.25) is 0 Å². The number of hydrogen-bond acceptors (Lipinski definition) is 6. The Morgan fingerprint density at radius 3 is 2.35 bits per heavy atom. The summed E-state index contributed by atoms with van der Waals surface area (Å²) in [7, 11) is 0. The molecule has 0 unspecified atom stereocenters. The van der Waals surface area contributed by atoms with Gasteiger partial charge in [-0.1, -0.05) is 23.1 Å². The Bertz CT molecular complexity index is 434. The van der Waals surface area contributed by atoms with Crippen LogP contribution in [0, 0.1) is 6.92 Å². The average Bonchev–Trinajstić information content (AvgIpc) is 2.75. The number of carbonyl (C=O) groups is 1. The molecule has 0 aliphatic carbocycles. The molecule has 2 heterocycles. The maximum Gasteiger partial charge on any atom is 0.490 e. The summed E-state index contributed by atoms with van der Waals surface area (Å²) in [6.45, 7) is 4.30. The van der Waals surface area contributed by atoms with Crippen molar-refractivity contribution >= 4 is 29.1 Å². The van der Waals surface area contributed by atoms with Gasteiger partial charge in [-0.25, -0.2) is 4.79 Å². The third kappa shape index (κ3) is 6.53. The zero-order chi connectivity index (χ0) is 15.2. The highest BCUT2D eigenvalue weighted by Gasteiger charge is 2.38. The fraction of sp³-hybridized carbons (Fsp3) is 0.700. The van der Waals surface area contributed by atoms with Gasteiger partial charge in [-0.3, -0.25) is 0 Å². The number of nitrogens with zero attached hydrogens (tertiary/aromatic N) is 2. The third-order valence-electron chi connectivity index (χ3n) is 2.30. The number of aliphatic carboxylic acids is 1. The van der Waals surface area contributed by atoms with Crippen molar-refractivity contribution < 1.29 is 23.1 Å². The predicted octanol–water partition coefficient (Wildman–Crippen LogP) is 2.32. The van der Waals surface area contributed by atoms with Gasteiger partial charge in [0.15, 0.2) is 4.34 Å². The SMILES string of the molecule is Cc1nnc(SC2CCNCC2)s1.O=C(O)C(F)(F)F. The van der Waals surface area contributed by atoms with Gasteiger partial charge in [0, 0.05) is 5.25 Å². The molecule has 1 aromatic heterocycles. The molecule has 0 spiro atoms. The molecule has 1 saturated heterocycles. The van der Waals surface area contributed by atoms with Crippen LogP contribution in [0.2, 0.25) is 0 Å². The fourth-order valence-corrected chi connectivity index (χ4v) is 3.60. The van der Waals surface area contributed by atoms with Gasteiger partial charge in [0.05, 0.1) is 0 Å². The molecule has 2 rings (SSSR count). The average molecular weight is 329 g/mol. The summed E-state index contributed by atoms with van der Waals surface area (Å²) in [5.74, 6) is -2.76. The molecular formula is C10H14F3N3O2S2. The lowest BCUT2D eigenvalue weighted by Gasteiger charge is -2.20. The van der Waals surface area contributed by atoms with E-state index in [0.717, 1.165) is 27.7 Å². The molecule has 5 nitrogen and oxygen atoms in total. The highest BCUT2D eigenvalue weighted by atomic mass is 32.2. The topological polar surface area (TPSA) is 75.1 Å². The van der Waals surface area contributed by atoms with Crippen molar-refractivity contribution in [3.63, 3.8) is 0 Å². The summed E-state index contributed by atoms with van der Waals surface area (Å²) in [6, 6.07) is 0. The molecule has 0 radical (unpaired) electrons. The number of halogens is 3. The van der Waals surface area contributed by atoms with Gasteiger partial charge in [0.25, 0.3) is 0 Å². The number of rotatable bonds is 2. The molecule has 0 amide bonds. The summed E-state index contributed by atoms with van der Waals surface area (Å²) in [5, 5.41) is 20.4. The molecule has 1 aliphatic heterocycles. The van der Waals surface area contributed by atoms with Crippen molar-refractivity contribution in [2.45, 2.75) is 35.5 Å². The van der Waals surface area contributed by atoms with Crippen molar-refractivity contribution in [3.05, 3.63) is 5.01 Å².